The number of hydrogen-bond acceptors (Lipinski definition) is 5. The van der Waals surface area contributed by atoms with Gasteiger partial charge in [0, 0.05) is 23.4 Å². The van der Waals surface area contributed by atoms with E-state index >= 15 is 0 Å². The fourth-order valence-electron chi connectivity index (χ4n) is 1.34. The van der Waals surface area contributed by atoms with Crippen LogP contribution in [0.1, 0.15) is 10.4 Å². The number of hydrogen-bond donors (Lipinski definition) is 2. The lowest BCUT2D eigenvalue weighted by atomic mass is 10.1. The maximum absolute atomic E-state index is 11.7. The number of carboxylic acids is 1. The molecule has 6 nitrogen and oxygen atoms in total. The largest absolute Gasteiger partial charge is 0.493 e. The molecule has 0 heterocycles. The standard InChI is InChI=1S/C12H13NO5/c1-17-10-5-7(8(13)6-11(10)18-2)9(14)3-4-12(15)16/h3-6H,13H2,1-2H3,(H,15,16)/b4-3+. The number of nitrogens with two attached hydrogens (primary N) is 1. The minimum atomic E-state index is -1.21. The van der Waals surface area contributed by atoms with Crippen molar-refractivity contribution in [2.75, 3.05) is 20.0 Å². The van der Waals surface area contributed by atoms with Gasteiger partial charge in [-0.2, -0.15) is 0 Å². The Bertz CT molecular complexity index is 507. The Labute approximate surface area is 104 Å². The number of aliphatic carboxylic acids is 1. The highest BCUT2D eigenvalue weighted by molar-refractivity contribution is 6.10. The van der Waals surface area contributed by atoms with Crippen LogP contribution in [0.3, 0.4) is 0 Å². The number of rotatable bonds is 5. The van der Waals surface area contributed by atoms with E-state index in [9.17, 15) is 9.59 Å². The Kier molecular flexibility index (Phi) is 4.31. The van der Waals surface area contributed by atoms with Crippen LogP contribution in [0.4, 0.5) is 5.69 Å². The highest BCUT2D eigenvalue weighted by atomic mass is 16.5. The first-order valence-electron chi connectivity index (χ1n) is 4.96. The van der Waals surface area contributed by atoms with Gasteiger partial charge in [-0.05, 0) is 12.1 Å². The molecule has 0 atom stereocenters. The van der Waals surface area contributed by atoms with E-state index in [2.05, 4.69) is 0 Å². The van der Waals surface area contributed by atoms with Gasteiger partial charge in [-0.3, -0.25) is 4.79 Å². The zero-order valence-electron chi connectivity index (χ0n) is 9.97. The van der Waals surface area contributed by atoms with Crippen LogP contribution in [-0.4, -0.2) is 31.1 Å². The average molecular weight is 251 g/mol. The molecular weight excluding hydrogens is 238 g/mol. The number of ketones is 1. The summed E-state index contributed by atoms with van der Waals surface area (Å²) < 4.78 is 10.1. The van der Waals surface area contributed by atoms with Crippen LogP contribution in [-0.2, 0) is 4.79 Å². The molecule has 0 saturated carbocycles. The zero-order valence-corrected chi connectivity index (χ0v) is 9.97. The van der Waals surface area contributed by atoms with Gasteiger partial charge in [0.1, 0.15) is 0 Å². The number of ether oxygens (including phenoxy) is 2. The van der Waals surface area contributed by atoms with Gasteiger partial charge in [0.2, 0.25) is 0 Å². The number of methoxy groups -OCH3 is 2. The molecule has 1 aromatic rings. The average Bonchev–Trinajstić information content (AvgIpc) is 2.35. The summed E-state index contributed by atoms with van der Waals surface area (Å²) in [5.41, 5.74) is 6.04. The Hall–Kier alpha value is -2.50. The van der Waals surface area contributed by atoms with Gasteiger partial charge in [-0.15, -0.1) is 0 Å². The topological polar surface area (TPSA) is 98.9 Å². The Morgan fingerprint density at radius 3 is 2.22 bits per heavy atom. The van der Waals surface area contributed by atoms with Crippen LogP contribution in [0, 0.1) is 0 Å². The summed E-state index contributed by atoms with van der Waals surface area (Å²) in [6, 6.07) is 2.85. The summed E-state index contributed by atoms with van der Waals surface area (Å²) in [7, 11) is 2.87. The normalized spacial score (nSPS) is 10.3. The van der Waals surface area contributed by atoms with Crippen molar-refractivity contribution in [3.63, 3.8) is 0 Å². The minimum absolute atomic E-state index is 0.158. The molecule has 0 saturated heterocycles. The minimum Gasteiger partial charge on any atom is -0.493 e. The monoisotopic (exact) mass is 251 g/mol. The Morgan fingerprint density at radius 2 is 1.72 bits per heavy atom. The van der Waals surface area contributed by atoms with Gasteiger partial charge in [0.15, 0.2) is 17.3 Å². The maximum Gasteiger partial charge on any atom is 0.328 e. The van der Waals surface area contributed by atoms with Crippen LogP contribution in [0.15, 0.2) is 24.3 Å². The molecule has 0 aromatic heterocycles. The van der Waals surface area contributed by atoms with Crippen LogP contribution in [0.5, 0.6) is 11.5 Å². The van der Waals surface area contributed by atoms with Crippen molar-refractivity contribution in [1.82, 2.24) is 0 Å². The fraction of sp³-hybridized carbons (Fsp3) is 0.167. The number of allylic oxidation sites excluding steroid dienone is 1. The van der Waals surface area contributed by atoms with Crippen LogP contribution in [0.2, 0.25) is 0 Å². The smallest absolute Gasteiger partial charge is 0.328 e. The van der Waals surface area contributed by atoms with Crippen LogP contribution >= 0.6 is 0 Å². The van der Waals surface area contributed by atoms with Crippen molar-refractivity contribution < 1.29 is 24.2 Å². The van der Waals surface area contributed by atoms with E-state index in [4.69, 9.17) is 20.3 Å². The van der Waals surface area contributed by atoms with Gasteiger partial charge in [-0.1, -0.05) is 0 Å². The molecule has 3 N–H and O–H groups in total. The van der Waals surface area contributed by atoms with Crippen molar-refractivity contribution in [1.29, 1.82) is 0 Å². The molecule has 0 fully saturated rings. The third-order valence-electron chi connectivity index (χ3n) is 2.20. The molecule has 1 aromatic carbocycles. The summed E-state index contributed by atoms with van der Waals surface area (Å²) in [6.45, 7) is 0. The van der Waals surface area contributed by atoms with E-state index < -0.39 is 11.8 Å². The summed E-state index contributed by atoms with van der Waals surface area (Å²) >= 11 is 0. The highest BCUT2D eigenvalue weighted by Gasteiger charge is 2.13. The molecule has 0 radical (unpaired) electrons. The zero-order chi connectivity index (χ0) is 13.7. The molecule has 0 aliphatic carbocycles. The van der Waals surface area contributed by atoms with Gasteiger partial charge < -0.3 is 20.3 Å². The molecule has 0 aliphatic rings. The third-order valence-corrected chi connectivity index (χ3v) is 2.20. The number of benzene rings is 1. The first-order valence-corrected chi connectivity index (χ1v) is 4.96. The highest BCUT2D eigenvalue weighted by Crippen LogP contribution is 2.32. The SMILES string of the molecule is COc1cc(N)c(C(=O)/C=C/C(=O)O)cc1OC. The first kappa shape index (κ1) is 13.6. The van der Waals surface area contributed by atoms with Crippen LogP contribution < -0.4 is 15.2 Å². The van der Waals surface area contributed by atoms with Crippen molar-refractivity contribution in [3.05, 3.63) is 29.8 Å². The first-order chi connectivity index (χ1) is 8.49. The Balaban J connectivity index is 3.17. The van der Waals surface area contributed by atoms with E-state index in [1.165, 1.54) is 26.4 Å². The van der Waals surface area contributed by atoms with Gasteiger partial charge >= 0.3 is 5.97 Å². The quantitative estimate of drug-likeness (QED) is 0.462. The third kappa shape index (κ3) is 3.00. The molecule has 1 rings (SSSR count). The molecule has 0 amide bonds. The number of nitrogen functional groups attached to an aromatic ring is 1. The lowest BCUT2D eigenvalue weighted by Gasteiger charge is -2.10. The van der Waals surface area contributed by atoms with Crippen molar-refractivity contribution >= 4 is 17.4 Å². The molecule has 0 aliphatic heterocycles. The predicted octanol–water partition coefficient (Wildman–Crippen LogP) is 1.11. The second-order valence-corrected chi connectivity index (χ2v) is 3.33. The maximum atomic E-state index is 11.7. The molecule has 0 bridgehead atoms. The number of carbonyl (C=O) groups is 2. The van der Waals surface area contributed by atoms with Crippen LogP contribution in [0.25, 0.3) is 0 Å². The number of anilines is 1. The molecule has 6 heteroatoms. The van der Waals surface area contributed by atoms with Crippen molar-refractivity contribution in [2.24, 2.45) is 0 Å². The van der Waals surface area contributed by atoms with Crippen molar-refractivity contribution in [3.8, 4) is 11.5 Å². The van der Waals surface area contributed by atoms with E-state index in [0.717, 1.165) is 12.2 Å². The summed E-state index contributed by atoms with van der Waals surface area (Å²) in [4.78, 5) is 22.0. The molecule has 0 spiro atoms. The summed E-state index contributed by atoms with van der Waals surface area (Å²) in [5, 5.41) is 8.45. The molecular formula is C12H13NO5. The number of carboxylic acid groups (broad SMARTS) is 1. The number of carbonyl (C=O) groups excluding carboxylic acids is 1. The lowest BCUT2D eigenvalue weighted by molar-refractivity contribution is -0.131. The predicted molar refractivity (Wildman–Crippen MR) is 65.1 cm³/mol. The van der Waals surface area contributed by atoms with E-state index in [-0.39, 0.29) is 11.3 Å². The molecule has 0 unspecified atom stereocenters. The van der Waals surface area contributed by atoms with E-state index in [0.29, 0.717) is 11.5 Å². The van der Waals surface area contributed by atoms with Gasteiger partial charge in [0.05, 0.1) is 14.2 Å². The fourth-order valence-corrected chi connectivity index (χ4v) is 1.34. The van der Waals surface area contributed by atoms with Crippen molar-refractivity contribution in [2.45, 2.75) is 0 Å². The summed E-state index contributed by atoms with van der Waals surface area (Å²) in [5.74, 6) is -0.981. The van der Waals surface area contributed by atoms with E-state index in [1.807, 2.05) is 0 Å². The van der Waals surface area contributed by atoms with Gasteiger partial charge in [0.25, 0.3) is 0 Å². The lowest BCUT2D eigenvalue weighted by Crippen LogP contribution is -2.04. The Morgan fingerprint density at radius 1 is 1.17 bits per heavy atom. The molecule has 96 valence electrons. The summed E-state index contributed by atoms with van der Waals surface area (Å²) in [6.07, 6.45) is 1.68. The van der Waals surface area contributed by atoms with Gasteiger partial charge in [-0.25, -0.2) is 4.79 Å². The molecule has 18 heavy (non-hydrogen) atoms. The second kappa shape index (κ2) is 5.72. The van der Waals surface area contributed by atoms with E-state index in [1.54, 1.807) is 0 Å². The second-order valence-electron chi connectivity index (χ2n) is 3.33.